The Morgan fingerprint density at radius 2 is 1.64 bits per heavy atom. The Hall–Kier alpha value is -2.43. The van der Waals surface area contributed by atoms with Crippen LogP contribution in [0.25, 0.3) is 0 Å². The van der Waals surface area contributed by atoms with Crippen LogP contribution >= 0.6 is 0 Å². The number of ether oxygens (including phenoxy) is 3. The summed E-state index contributed by atoms with van der Waals surface area (Å²) in [6.07, 6.45) is 2.27. The fourth-order valence-electron chi connectivity index (χ4n) is 2.88. The zero-order chi connectivity index (χ0) is 17.6. The predicted octanol–water partition coefficient (Wildman–Crippen LogP) is 4.00. The average Bonchev–Trinajstić information content (AvgIpc) is 2.65. The van der Waals surface area contributed by atoms with Crippen molar-refractivity contribution in [3.63, 3.8) is 0 Å². The van der Waals surface area contributed by atoms with Gasteiger partial charge in [0, 0.05) is 7.11 Å². The molecule has 0 unspecified atom stereocenters. The molecule has 0 radical (unpaired) electrons. The number of carbonyl (C=O) groups is 1. The van der Waals surface area contributed by atoms with Crippen molar-refractivity contribution in [2.24, 2.45) is 0 Å². The Morgan fingerprint density at radius 1 is 1.00 bits per heavy atom. The van der Waals surface area contributed by atoms with Gasteiger partial charge in [-0.1, -0.05) is 66.7 Å². The van der Waals surface area contributed by atoms with Crippen LogP contribution in [-0.2, 0) is 19.0 Å². The molecule has 0 fully saturated rings. The SMILES string of the molecule is CO[C@H](C(=O)O[C@@H]1C=C[C@H](c2ccccc2)O[C@H]1C)c1ccccc1. The van der Waals surface area contributed by atoms with E-state index in [9.17, 15) is 4.79 Å². The average molecular weight is 338 g/mol. The van der Waals surface area contributed by atoms with Gasteiger partial charge in [-0.05, 0) is 24.1 Å². The van der Waals surface area contributed by atoms with Gasteiger partial charge in [0.1, 0.15) is 12.2 Å². The second-order valence-electron chi connectivity index (χ2n) is 5.99. The first-order valence-corrected chi connectivity index (χ1v) is 8.36. The molecule has 0 bridgehead atoms. The van der Waals surface area contributed by atoms with Crippen molar-refractivity contribution < 1.29 is 19.0 Å². The highest BCUT2D eigenvalue weighted by Crippen LogP contribution is 2.28. The van der Waals surface area contributed by atoms with Crippen LogP contribution in [0.3, 0.4) is 0 Å². The van der Waals surface area contributed by atoms with Gasteiger partial charge in [-0.3, -0.25) is 0 Å². The standard InChI is InChI=1S/C21H22O4/c1-15-18(13-14-19(24-15)16-9-5-3-6-10-16)25-21(22)20(23-2)17-11-7-4-8-12-17/h3-15,18-20H,1-2H3/t15-,18+,19+,20-/m0/s1. The molecule has 130 valence electrons. The summed E-state index contributed by atoms with van der Waals surface area (Å²) >= 11 is 0. The van der Waals surface area contributed by atoms with E-state index in [1.807, 2.05) is 79.7 Å². The maximum absolute atomic E-state index is 12.5. The first kappa shape index (κ1) is 17.4. The number of methoxy groups -OCH3 is 1. The minimum atomic E-state index is -0.742. The summed E-state index contributed by atoms with van der Waals surface area (Å²) in [5, 5.41) is 0. The quantitative estimate of drug-likeness (QED) is 0.610. The molecule has 2 aromatic carbocycles. The Bertz CT molecular complexity index is 711. The molecule has 0 N–H and O–H groups in total. The van der Waals surface area contributed by atoms with Crippen molar-refractivity contribution in [2.75, 3.05) is 7.11 Å². The highest BCUT2D eigenvalue weighted by molar-refractivity contribution is 5.77. The topological polar surface area (TPSA) is 44.8 Å². The zero-order valence-electron chi connectivity index (χ0n) is 14.4. The molecule has 4 atom stereocenters. The first-order valence-electron chi connectivity index (χ1n) is 8.36. The van der Waals surface area contributed by atoms with Crippen LogP contribution in [0.1, 0.15) is 30.3 Å². The lowest BCUT2D eigenvalue weighted by Gasteiger charge is -2.30. The zero-order valence-corrected chi connectivity index (χ0v) is 14.4. The van der Waals surface area contributed by atoms with E-state index >= 15 is 0 Å². The highest BCUT2D eigenvalue weighted by atomic mass is 16.6. The molecule has 25 heavy (non-hydrogen) atoms. The number of esters is 1. The van der Waals surface area contributed by atoms with Gasteiger partial charge in [0.25, 0.3) is 0 Å². The highest BCUT2D eigenvalue weighted by Gasteiger charge is 2.30. The molecule has 3 rings (SSSR count). The van der Waals surface area contributed by atoms with Gasteiger partial charge in [0.15, 0.2) is 6.10 Å². The number of hydrogen-bond acceptors (Lipinski definition) is 4. The van der Waals surface area contributed by atoms with Crippen LogP contribution in [0.2, 0.25) is 0 Å². The number of hydrogen-bond donors (Lipinski definition) is 0. The summed E-state index contributed by atoms with van der Waals surface area (Å²) in [7, 11) is 1.50. The molecular weight excluding hydrogens is 316 g/mol. The maximum Gasteiger partial charge on any atom is 0.340 e. The summed E-state index contributed by atoms with van der Waals surface area (Å²) in [6.45, 7) is 1.90. The van der Waals surface area contributed by atoms with Gasteiger partial charge in [-0.2, -0.15) is 0 Å². The lowest BCUT2D eigenvalue weighted by atomic mass is 10.0. The molecule has 0 spiro atoms. The molecule has 0 amide bonds. The molecule has 4 nitrogen and oxygen atoms in total. The fraction of sp³-hybridized carbons (Fsp3) is 0.286. The number of carbonyl (C=O) groups excluding carboxylic acids is 1. The largest absolute Gasteiger partial charge is 0.453 e. The molecule has 1 aliphatic rings. The second kappa shape index (κ2) is 8.10. The van der Waals surface area contributed by atoms with Gasteiger partial charge in [0.05, 0.1) is 6.10 Å². The third kappa shape index (κ3) is 4.16. The third-order valence-electron chi connectivity index (χ3n) is 4.23. The Labute approximate surface area is 148 Å². The second-order valence-corrected chi connectivity index (χ2v) is 5.99. The summed E-state index contributed by atoms with van der Waals surface area (Å²) in [4.78, 5) is 12.5. The summed E-state index contributed by atoms with van der Waals surface area (Å²) in [5.41, 5.74) is 1.85. The third-order valence-corrected chi connectivity index (χ3v) is 4.23. The minimum Gasteiger partial charge on any atom is -0.453 e. The van der Waals surface area contributed by atoms with Crippen molar-refractivity contribution in [1.82, 2.24) is 0 Å². The van der Waals surface area contributed by atoms with Gasteiger partial charge in [-0.15, -0.1) is 0 Å². The predicted molar refractivity (Wildman–Crippen MR) is 94.9 cm³/mol. The molecule has 1 heterocycles. The smallest absolute Gasteiger partial charge is 0.340 e. The molecule has 0 aromatic heterocycles. The van der Waals surface area contributed by atoms with Gasteiger partial charge in [0.2, 0.25) is 0 Å². The molecule has 2 aromatic rings. The molecule has 0 saturated carbocycles. The molecule has 4 heteroatoms. The monoisotopic (exact) mass is 338 g/mol. The summed E-state index contributed by atoms with van der Waals surface area (Å²) in [5.74, 6) is -0.419. The van der Waals surface area contributed by atoms with Gasteiger partial charge >= 0.3 is 5.97 Å². The van der Waals surface area contributed by atoms with E-state index in [-0.39, 0.29) is 12.2 Å². The molecule has 0 saturated heterocycles. The van der Waals surface area contributed by atoms with Crippen LogP contribution in [-0.4, -0.2) is 25.3 Å². The summed E-state index contributed by atoms with van der Waals surface area (Å²) in [6, 6.07) is 19.3. The van der Waals surface area contributed by atoms with Gasteiger partial charge < -0.3 is 14.2 Å². The Kier molecular flexibility index (Phi) is 5.64. The van der Waals surface area contributed by atoms with E-state index in [1.165, 1.54) is 7.11 Å². The van der Waals surface area contributed by atoms with E-state index in [4.69, 9.17) is 14.2 Å². The van der Waals surface area contributed by atoms with E-state index < -0.39 is 18.2 Å². The van der Waals surface area contributed by atoms with E-state index in [0.29, 0.717) is 0 Å². The van der Waals surface area contributed by atoms with Gasteiger partial charge in [-0.25, -0.2) is 4.79 Å². The normalized spacial score (nSPS) is 23.8. The number of rotatable bonds is 5. The lowest BCUT2D eigenvalue weighted by Crippen LogP contribution is -2.35. The van der Waals surface area contributed by atoms with Crippen LogP contribution in [0.5, 0.6) is 0 Å². The molecular formula is C21H22O4. The summed E-state index contributed by atoms with van der Waals surface area (Å²) < 4.78 is 16.9. The van der Waals surface area contributed by atoms with E-state index in [2.05, 4.69) is 0 Å². The van der Waals surface area contributed by atoms with Crippen molar-refractivity contribution in [3.8, 4) is 0 Å². The van der Waals surface area contributed by atoms with Crippen LogP contribution in [0.4, 0.5) is 0 Å². The number of benzene rings is 2. The van der Waals surface area contributed by atoms with Crippen LogP contribution in [0.15, 0.2) is 72.8 Å². The van der Waals surface area contributed by atoms with E-state index in [1.54, 1.807) is 0 Å². The van der Waals surface area contributed by atoms with Crippen LogP contribution < -0.4 is 0 Å². The van der Waals surface area contributed by atoms with E-state index in [0.717, 1.165) is 11.1 Å². The van der Waals surface area contributed by atoms with Crippen molar-refractivity contribution in [3.05, 3.63) is 83.9 Å². The Morgan fingerprint density at radius 3 is 2.24 bits per heavy atom. The fourth-order valence-corrected chi connectivity index (χ4v) is 2.88. The lowest BCUT2D eigenvalue weighted by molar-refractivity contribution is -0.167. The van der Waals surface area contributed by atoms with Crippen molar-refractivity contribution in [1.29, 1.82) is 0 Å². The Balaban J connectivity index is 1.67. The first-order chi connectivity index (χ1) is 12.2. The molecule has 0 aliphatic carbocycles. The maximum atomic E-state index is 12.5. The van der Waals surface area contributed by atoms with Crippen molar-refractivity contribution in [2.45, 2.75) is 31.3 Å². The minimum absolute atomic E-state index is 0.126. The molecule has 1 aliphatic heterocycles. The van der Waals surface area contributed by atoms with Crippen molar-refractivity contribution >= 4 is 5.97 Å². The van der Waals surface area contributed by atoms with Crippen LogP contribution in [0, 0.1) is 0 Å².